The van der Waals surface area contributed by atoms with Crippen molar-refractivity contribution in [2.45, 2.75) is 54.2 Å². The molecule has 0 saturated carbocycles. The third-order valence-electron chi connectivity index (χ3n) is 1.45. The van der Waals surface area contributed by atoms with Gasteiger partial charge in [-0.3, -0.25) is 0 Å². The third kappa shape index (κ3) is 10.1. The first-order valence-electron chi connectivity index (χ1n) is 3.89. The van der Waals surface area contributed by atoms with E-state index in [1.54, 1.807) is 7.11 Å². The average Bonchev–Trinajstić information content (AvgIpc) is 1.88. The van der Waals surface area contributed by atoms with Gasteiger partial charge in [0.25, 0.3) is 0 Å². The summed E-state index contributed by atoms with van der Waals surface area (Å²) in [5.74, 6) is 0. The molecule has 12 heavy (non-hydrogen) atoms. The van der Waals surface area contributed by atoms with Crippen molar-refractivity contribution < 1.29 is 8.85 Å². The minimum atomic E-state index is -1.27. The molecule has 0 spiro atoms. The molecular weight excluding hydrogens is 168 g/mol. The normalized spacial score (nSPS) is 14.0. The van der Waals surface area contributed by atoms with Gasteiger partial charge in [0.05, 0.1) is 0 Å². The molecule has 0 aromatic heterocycles. The molecule has 0 aromatic carbocycles. The van der Waals surface area contributed by atoms with Crippen LogP contribution in [0, 0.1) is 0 Å². The van der Waals surface area contributed by atoms with Crippen LogP contribution in [0.3, 0.4) is 0 Å². The minimum absolute atomic E-state index is 0. The van der Waals surface area contributed by atoms with Gasteiger partial charge in [-0.1, -0.05) is 28.2 Å². The number of hydrogen-bond acceptors (Lipinski definition) is 2. The molecule has 78 valence electrons. The maximum atomic E-state index is 5.56. The van der Waals surface area contributed by atoms with E-state index in [2.05, 4.69) is 13.8 Å². The van der Waals surface area contributed by atoms with E-state index in [1.807, 2.05) is 6.55 Å². The second kappa shape index (κ2) is 11.1. The van der Waals surface area contributed by atoms with Gasteiger partial charge in [0, 0.05) is 13.2 Å². The van der Waals surface area contributed by atoms with Gasteiger partial charge in [-0.25, -0.2) is 0 Å². The molecule has 0 fully saturated rings. The van der Waals surface area contributed by atoms with Crippen LogP contribution in [0.5, 0.6) is 0 Å². The Morgan fingerprint density at radius 2 is 1.83 bits per heavy atom. The van der Waals surface area contributed by atoms with Gasteiger partial charge >= 0.3 is 9.28 Å². The Morgan fingerprint density at radius 1 is 1.33 bits per heavy atom. The van der Waals surface area contributed by atoms with Gasteiger partial charge in [-0.2, -0.15) is 0 Å². The van der Waals surface area contributed by atoms with Gasteiger partial charge < -0.3 is 8.85 Å². The highest BCUT2D eigenvalue weighted by Gasteiger charge is 2.07. The van der Waals surface area contributed by atoms with Crippen LogP contribution in [-0.2, 0) is 8.85 Å². The predicted octanol–water partition coefficient (Wildman–Crippen LogP) is 2.96. The zero-order valence-corrected chi connectivity index (χ0v) is 8.54. The highest BCUT2D eigenvalue weighted by molar-refractivity contribution is 6.42. The number of hydrogen-bond donors (Lipinski definition) is 0. The van der Waals surface area contributed by atoms with Crippen molar-refractivity contribution in [2.24, 2.45) is 0 Å². The molecule has 2 nitrogen and oxygen atoms in total. The van der Waals surface area contributed by atoms with Crippen molar-refractivity contribution in [2.75, 3.05) is 7.11 Å². The molecular formula is C9H26O2Si. The second-order valence-corrected chi connectivity index (χ2v) is 4.42. The monoisotopic (exact) mass is 194 g/mol. The van der Waals surface area contributed by atoms with Crippen LogP contribution in [0.2, 0.25) is 6.55 Å². The van der Waals surface area contributed by atoms with Crippen LogP contribution >= 0.6 is 0 Å². The van der Waals surface area contributed by atoms with E-state index in [4.69, 9.17) is 8.85 Å². The maximum absolute atomic E-state index is 5.56. The smallest absolute Gasteiger partial charge is 0.318 e. The Balaban J connectivity index is -0.000000405. The van der Waals surface area contributed by atoms with Crippen molar-refractivity contribution in [3.63, 3.8) is 0 Å². The quantitative estimate of drug-likeness (QED) is 0.627. The summed E-state index contributed by atoms with van der Waals surface area (Å²) in [6.45, 7) is 6.32. The molecule has 2 unspecified atom stereocenters. The summed E-state index contributed by atoms with van der Waals surface area (Å²) in [5.41, 5.74) is 0. The van der Waals surface area contributed by atoms with Crippen LogP contribution in [0.1, 0.15) is 41.5 Å². The molecule has 0 saturated heterocycles. The van der Waals surface area contributed by atoms with E-state index in [0.717, 1.165) is 6.42 Å². The fourth-order valence-electron chi connectivity index (χ4n) is 0.857. The van der Waals surface area contributed by atoms with Crippen LogP contribution in [0.4, 0.5) is 0 Å². The highest BCUT2D eigenvalue weighted by Crippen LogP contribution is 2.02. The SMILES string of the molecule is C.C.CCCC(C)O[SiH](C)OC. The zero-order valence-electron chi connectivity index (χ0n) is 7.39. The molecule has 0 aliphatic heterocycles. The lowest BCUT2D eigenvalue weighted by Crippen LogP contribution is -2.22. The molecule has 3 heteroatoms. The largest absolute Gasteiger partial charge is 0.400 e. The summed E-state index contributed by atoms with van der Waals surface area (Å²) < 4.78 is 10.6. The topological polar surface area (TPSA) is 18.5 Å². The van der Waals surface area contributed by atoms with Gasteiger partial charge in [-0.05, 0) is 19.9 Å². The standard InChI is InChI=1S/C7H18O2Si.2CH4/c1-5-6-7(2)9-10(4)8-3;;/h7,10H,5-6H2,1-4H3;2*1H4. The Hall–Kier alpha value is 0.137. The van der Waals surface area contributed by atoms with Crippen molar-refractivity contribution in [3.8, 4) is 0 Å². The predicted molar refractivity (Wildman–Crippen MR) is 58.9 cm³/mol. The van der Waals surface area contributed by atoms with Crippen molar-refractivity contribution in [3.05, 3.63) is 0 Å². The fourth-order valence-corrected chi connectivity index (χ4v) is 1.76. The average molecular weight is 194 g/mol. The lowest BCUT2D eigenvalue weighted by atomic mass is 10.2. The van der Waals surface area contributed by atoms with Gasteiger partial charge in [-0.15, -0.1) is 0 Å². The van der Waals surface area contributed by atoms with Gasteiger partial charge in [0.15, 0.2) is 0 Å². The zero-order chi connectivity index (χ0) is 7.98. The van der Waals surface area contributed by atoms with Gasteiger partial charge in [0.2, 0.25) is 0 Å². The number of rotatable bonds is 5. The first kappa shape index (κ1) is 18.0. The second-order valence-electron chi connectivity index (χ2n) is 2.54. The van der Waals surface area contributed by atoms with E-state index in [0.29, 0.717) is 6.10 Å². The van der Waals surface area contributed by atoms with E-state index in [-0.39, 0.29) is 14.9 Å². The molecule has 0 bridgehead atoms. The lowest BCUT2D eigenvalue weighted by Gasteiger charge is -2.15. The molecule has 0 aliphatic rings. The Morgan fingerprint density at radius 3 is 2.17 bits per heavy atom. The Kier molecular flexibility index (Phi) is 16.7. The molecule has 0 rings (SSSR count). The maximum Gasteiger partial charge on any atom is 0.318 e. The molecule has 0 aromatic rings. The summed E-state index contributed by atoms with van der Waals surface area (Å²) in [4.78, 5) is 0. The lowest BCUT2D eigenvalue weighted by molar-refractivity contribution is 0.161. The van der Waals surface area contributed by atoms with Crippen LogP contribution < -0.4 is 0 Å². The van der Waals surface area contributed by atoms with Crippen molar-refractivity contribution in [1.82, 2.24) is 0 Å². The Bertz CT molecular complexity index is 78.9. The third-order valence-corrected chi connectivity index (χ3v) is 2.96. The minimum Gasteiger partial charge on any atom is -0.400 e. The summed E-state index contributed by atoms with van der Waals surface area (Å²) in [5, 5.41) is 0. The summed E-state index contributed by atoms with van der Waals surface area (Å²) in [6.07, 6.45) is 2.71. The molecule has 0 N–H and O–H groups in total. The fraction of sp³-hybridized carbons (Fsp3) is 1.00. The highest BCUT2D eigenvalue weighted by atomic mass is 28.3. The van der Waals surface area contributed by atoms with E-state index in [9.17, 15) is 0 Å². The summed E-state index contributed by atoms with van der Waals surface area (Å²) >= 11 is 0. The molecule has 0 radical (unpaired) electrons. The van der Waals surface area contributed by atoms with Crippen LogP contribution in [0.25, 0.3) is 0 Å². The van der Waals surface area contributed by atoms with Crippen LogP contribution in [0.15, 0.2) is 0 Å². The van der Waals surface area contributed by atoms with Crippen molar-refractivity contribution >= 4 is 9.28 Å². The van der Waals surface area contributed by atoms with E-state index >= 15 is 0 Å². The molecule has 2 atom stereocenters. The Labute approximate surface area is 80.1 Å². The first-order chi connectivity index (χ1) is 4.70. The summed E-state index contributed by atoms with van der Waals surface area (Å²) in [6, 6.07) is 0. The van der Waals surface area contributed by atoms with E-state index in [1.165, 1.54) is 6.42 Å². The van der Waals surface area contributed by atoms with Crippen LogP contribution in [-0.4, -0.2) is 22.5 Å². The van der Waals surface area contributed by atoms with E-state index < -0.39 is 9.28 Å². The molecule has 0 amide bonds. The molecule has 0 heterocycles. The summed E-state index contributed by atoms with van der Waals surface area (Å²) in [7, 11) is 0.447. The molecule has 0 aliphatic carbocycles. The van der Waals surface area contributed by atoms with Gasteiger partial charge in [0.1, 0.15) is 0 Å². The first-order valence-corrected chi connectivity index (χ1v) is 5.98. The van der Waals surface area contributed by atoms with Crippen molar-refractivity contribution in [1.29, 1.82) is 0 Å².